The maximum Gasteiger partial charge on any atom is 0.329 e. The van der Waals surface area contributed by atoms with Gasteiger partial charge in [-0.1, -0.05) is 66.4 Å². The molecule has 1 aliphatic rings. The monoisotopic (exact) mass is 427 g/mol. The Morgan fingerprint density at radius 2 is 1.86 bits per heavy atom. The topological polar surface area (TPSA) is 55.8 Å². The first-order valence-electron chi connectivity index (χ1n) is 9.20. The van der Waals surface area contributed by atoms with Gasteiger partial charge in [-0.05, 0) is 43.2 Å². The van der Waals surface area contributed by atoms with Crippen LogP contribution in [-0.4, -0.2) is 33.7 Å². The van der Waals surface area contributed by atoms with Crippen molar-refractivity contribution >= 4 is 46.3 Å². The van der Waals surface area contributed by atoms with Gasteiger partial charge in [0.15, 0.2) is 0 Å². The molecule has 1 atom stereocenters. The molecular weight excluding hydrogens is 406 g/mol. The fraction of sp³-hybridized carbons (Fsp3) is 0.227. The van der Waals surface area contributed by atoms with Crippen molar-refractivity contribution < 1.29 is 19.1 Å². The van der Waals surface area contributed by atoms with E-state index in [1.54, 1.807) is 19.9 Å². The van der Waals surface area contributed by atoms with E-state index in [0.717, 1.165) is 16.9 Å². The Morgan fingerprint density at radius 1 is 1.17 bits per heavy atom. The van der Waals surface area contributed by atoms with Crippen molar-refractivity contribution in [3.63, 3.8) is 0 Å². The number of rotatable bonds is 7. The number of amides is 1. The van der Waals surface area contributed by atoms with E-state index in [1.165, 1.54) is 16.7 Å². The standard InChI is InChI=1S/C22H21NO4S2/c1-3-26-21(25)15(2)23-20(24)19(29-22(23)28)13-16-9-11-18(12-10-16)27-14-17-7-5-4-6-8-17/h4-13,15H,3,14H2,1-2H3/b19-13-. The zero-order chi connectivity index (χ0) is 20.8. The summed E-state index contributed by atoms with van der Waals surface area (Å²) in [5.41, 5.74) is 1.94. The van der Waals surface area contributed by atoms with Gasteiger partial charge in [-0.3, -0.25) is 9.69 Å². The Kier molecular flexibility index (Phi) is 7.06. The number of esters is 1. The van der Waals surface area contributed by atoms with Gasteiger partial charge in [0.2, 0.25) is 0 Å². The second kappa shape index (κ2) is 9.71. The summed E-state index contributed by atoms with van der Waals surface area (Å²) in [4.78, 5) is 26.5. The zero-order valence-corrected chi connectivity index (χ0v) is 17.8. The number of carbonyl (C=O) groups is 2. The Morgan fingerprint density at radius 3 is 2.52 bits per heavy atom. The lowest BCUT2D eigenvalue weighted by Gasteiger charge is -2.21. The molecule has 1 saturated heterocycles. The average Bonchev–Trinajstić information content (AvgIpc) is 3.01. The number of ether oxygens (including phenoxy) is 2. The average molecular weight is 428 g/mol. The number of thiocarbonyl (C=S) groups is 1. The van der Waals surface area contributed by atoms with E-state index in [1.807, 2.05) is 54.6 Å². The van der Waals surface area contributed by atoms with E-state index in [0.29, 0.717) is 15.8 Å². The van der Waals surface area contributed by atoms with Gasteiger partial charge < -0.3 is 9.47 Å². The second-order valence-corrected chi connectivity index (χ2v) is 8.00. The maximum atomic E-state index is 12.7. The molecule has 3 rings (SSSR count). The van der Waals surface area contributed by atoms with Gasteiger partial charge in [0.1, 0.15) is 22.7 Å². The Bertz CT molecular complexity index is 926. The Balaban J connectivity index is 1.66. The van der Waals surface area contributed by atoms with E-state index >= 15 is 0 Å². The van der Waals surface area contributed by atoms with E-state index in [4.69, 9.17) is 21.7 Å². The minimum atomic E-state index is -0.748. The molecule has 0 N–H and O–H groups in total. The van der Waals surface area contributed by atoms with Gasteiger partial charge >= 0.3 is 5.97 Å². The van der Waals surface area contributed by atoms with Crippen LogP contribution in [0.15, 0.2) is 59.5 Å². The predicted octanol–water partition coefficient (Wildman–Crippen LogP) is 4.42. The molecule has 1 aliphatic heterocycles. The van der Waals surface area contributed by atoms with Crippen molar-refractivity contribution in [2.24, 2.45) is 0 Å². The summed E-state index contributed by atoms with van der Waals surface area (Å²) in [5.74, 6) is -0.00981. The molecule has 7 heteroatoms. The van der Waals surface area contributed by atoms with Gasteiger partial charge in [-0.25, -0.2) is 4.79 Å². The first-order chi connectivity index (χ1) is 14.0. The highest BCUT2D eigenvalue weighted by Gasteiger charge is 2.38. The van der Waals surface area contributed by atoms with Crippen molar-refractivity contribution in [2.75, 3.05) is 6.61 Å². The Hall–Kier alpha value is -2.64. The predicted molar refractivity (Wildman–Crippen MR) is 118 cm³/mol. The summed E-state index contributed by atoms with van der Waals surface area (Å²) < 4.78 is 11.1. The molecule has 1 heterocycles. The van der Waals surface area contributed by atoms with Crippen LogP contribution in [0.3, 0.4) is 0 Å². The van der Waals surface area contributed by atoms with Crippen molar-refractivity contribution in [1.82, 2.24) is 4.90 Å². The molecule has 2 aromatic carbocycles. The summed E-state index contributed by atoms with van der Waals surface area (Å²) in [6, 6.07) is 16.6. The van der Waals surface area contributed by atoms with Crippen LogP contribution in [-0.2, 0) is 20.9 Å². The molecule has 0 radical (unpaired) electrons. The quantitative estimate of drug-likeness (QED) is 0.370. The molecule has 1 amide bonds. The number of benzene rings is 2. The van der Waals surface area contributed by atoms with Crippen LogP contribution in [0.4, 0.5) is 0 Å². The molecule has 2 aromatic rings. The smallest absolute Gasteiger partial charge is 0.329 e. The van der Waals surface area contributed by atoms with Gasteiger partial charge in [-0.2, -0.15) is 0 Å². The normalized spacial score (nSPS) is 16.2. The van der Waals surface area contributed by atoms with Crippen LogP contribution in [0.5, 0.6) is 5.75 Å². The molecule has 1 unspecified atom stereocenters. The highest BCUT2D eigenvalue weighted by Crippen LogP contribution is 2.34. The summed E-state index contributed by atoms with van der Waals surface area (Å²) in [7, 11) is 0. The third-order valence-electron chi connectivity index (χ3n) is 4.26. The van der Waals surface area contributed by atoms with E-state index in [-0.39, 0.29) is 12.5 Å². The summed E-state index contributed by atoms with van der Waals surface area (Å²) in [6.07, 6.45) is 1.76. The first-order valence-corrected chi connectivity index (χ1v) is 10.4. The molecule has 0 aromatic heterocycles. The fourth-order valence-corrected chi connectivity index (χ4v) is 4.15. The number of hydrogen-bond acceptors (Lipinski definition) is 6. The summed E-state index contributed by atoms with van der Waals surface area (Å²) >= 11 is 6.47. The fourth-order valence-electron chi connectivity index (χ4n) is 2.73. The molecule has 1 fully saturated rings. The number of carbonyl (C=O) groups excluding carboxylic acids is 2. The lowest BCUT2D eigenvalue weighted by Crippen LogP contribution is -2.42. The third kappa shape index (κ3) is 5.25. The van der Waals surface area contributed by atoms with Crippen LogP contribution < -0.4 is 4.74 Å². The van der Waals surface area contributed by atoms with Crippen LogP contribution in [0.2, 0.25) is 0 Å². The van der Waals surface area contributed by atoms with Gasteiger partial charge in [0.05, 0.1) is 11.5 Å². The summed E-state index contributed by atoms with van der Waals surface area (Å²) in [6.45, 7) is 4.09. The SMILES string of the molecule is CCOC(=O)C(C)N1C(=O)/C(=C/c2ccc(OCc3ccccc3)cc2)SC1=S. The lowest BCUT2D eigenvalue weighted by atomic mass is 10.2. The minimum Gasteiger partial charge on any atom is -0.489 e. The Labute approximate surface area is 179 Å². The molecule has 150 valence electrons. The lowest BCUT2D eigenvalue weighted by molar-refractivity contribution is -0.149. The third-order valence-corrected chi connectivity index (χ3v) is 5.60. The highest BCUT2D eigenvalue weighted by atomic mass is 32.2. The van der Waals surface area contributed by atoms with Crippen LogP contribution in [0, 0.1) is 0 Å². The van der Waals surface area contributed by atoms with Gasteiger partial charge in [0.25, 0.3) is 5.91 Å². The highest BCUT2D eigenvalue weighted by molar-refractivity contribution is 8.26. The molecule has 0 saturated carbocycles. The van der Waals surface area contributed by atoms with Crippen molar-refractivity contribution in [3.8, 4) is 5.75 Å². The molecule has 29 heavy (non-hydrogen) atoms. The number of thioether (sulfide) groups is 1. The number of nitrogens with zero attached hydrogens (tertiary/aromatic N) is 1. The van der Waals surface area contributed by atoms with E-state index in [9.17, 15) is 9.59 Å². The summed E-state index contributed by atoms with van der Waals surface area (Å²) in [5, 5.41) is 0. The van der Waals surface area contributed by atoms with Gasteiger partial charge in [0, 0.05) is 0 Å². The van der Waals surface area contributed by atoms with E-state index < -0.39 is 12.0 Å². The largest absolute Gasteiger partial charge is 0.489 e. The van der Waals surface area contributed by atoms with Gasteiger partial charge in [-0.15, -0.1) is 0 Å². The molecule has 0 aliphatic carbocycles. The van der Waals surface area contributed by atoms with Crippen molar-refractivity contribution in [2.45, 2.75) is 26.5 Å². The second-order valence-electron chi connectivity index (χ2n) is 6.32. The molecule has 0 bridgehead atoms. The number of hydrogen-bond donors (Lipinski definition) is 0. The molecule has 5 nitrogen and oxygen atoms in total. The van der Waals surface area contributed by atoms with Crippen molar-refractivity contribution in [1.29, 1.82) is 0 Å². The molecular formula is C22H21NO4S2. The van der Waals surface area contributed by atoms with Crippen LogP contribution in [0.25, 0.3) is 6.08 Å². The van der Waals surface area contributed by atoms with E-state index in [2.05, 4.69) is 0 Å². The van der Waals surface area contributed by atoms with Crippen LogP contribution >= 0.6 is 24.0 Å². The zero-order valence-electron chi connectivity index (χ0n) is 16.2. The van der Waals surface area contributed by atoms with Crippen LogP contribution in [0.1, 0.15) is 25.0 Å². The van der Waals surface area contributed by atoms with Crippen molar-refractivity contribution in [3.05, 3.63) is 70.6 Å². The minimum absolute atomic E-state index is 0.256. The first kappa shape index (κ1) is 21.1. The molecule has 0 spiro atoms. The maximum absolute atomic E-state index is 12.7.